The number of anilines is 1. The summed E-state index contributed by atoms with van der Waals surface area (Å²) < 4.78 is 18.4. The minimum atomic E-state index is -0.235. The van der Waals surface area contributed by atoms with Crippen LogP contribution in [0.4, 0.5) is 10.1 Å². The van der Waals surface area contributed by atoms with Gasteiger partial charge in [0.1, 0.15) is 18.2 Å². The van der Waals surface area contributed by atoms with Crippen LogP contribution in [0.3, 0.4) is 0 Å². The fourth-order valence-corrected chi connectivity index (χ4v) is 1.75. The summed E-state index contributed by atoms with van der Waals surface area (Å²) in [6.07, 6.45) is 0.947. The van der Waals surface area contributed by atoms with Crippen LogP contribution in [0.5, 0.6) is 5.75 Å². The van der Waals surface area contributed by atoms with Crippen LogP contribution in [0.25, 0.3) is 0 Å². The molecule has 0 amide bonds. The van der Waals surface area contributed by atoms with E-state index in [2.05, 4.69) is 5.32 Å². The fraction of sp³-hybridized carbons (Fsp3) is 0.250. The highest BCUT2D eigenvalue weighted by Crippen LogP contribution is 2.17. The normalized spacial score (nSPS) is 10.3. The topological polar surface area (TPSA) is 47.3 Å². The maximum atomic E-state index is 12.8. The molecule has 3 nitrogen and oxygen atoms in total. The molecule has 0 atom stereocenters. The van der Waals surface area contributed by atoms with Crippen LogP contribution in [0.2, 0.25) is 0 Å². The number of halogens is 1. The average Bonchev–Trinajstić information content (AvgIpc) is 2.48. The highest BCUT2D eigenvalue weighted by molar-refractivity contribution is 5.46. The van der Waals surface area contributed by atoms with Crippen molar-refractivity contribution in [2.75, 3.05) is 18.4 Å². The summed E-state index contributed by atoms with van der Waals surface area (Å²) in [5.74, 6) is 0.556. The molecule has 3 N–H and O–H groups in total. The number of rotatable bonds is 7. The van der Waals surface area contributed by atoms with Crippen molar-refractivity contribution in [2.24, 2.45) is 5.73 Å². The lowest BCUT2D eigenvalue weighted by Gasteiger charge is -2.09. The van der Waals surface area contributed by atoms with Gasteiger partial charge in [-0.05, 0) is 54.9 Å². The second kappa shape index (κ2) is 7.50. The Kier molecular flexibility index (Phi) is 5.38. The molecule has 0 heterocycles. The molecule has 0 fully saturated rings. The van der Waals surface area contributed by atoms with Gasteiger partial charge in [0.2, 0.25) is 0 Å². The highest BCUT2D eigenvalue weighted by Gasteiger charge is 1.98. The summed E-state index contributed by atoms with van der Waals surface area (Å²) in [5, 5.41) is 3.28. The van der Waals surface area contributed by atoms with Crippen molar-refractivity contribution >= 4 is 5.69 Å². The Labute approximate surface area is 118 Å². The largest absolute Gasteiger partial charge is 0.489 e. The van der Waals surface area contributed by atoms with E-state index in [1.165, 1.54) is 12.1 Å². The van der Waals surface area contributed by atoms with E-state index in [4.69, 9.17) is 10.5 Å². The lowest BCUT2D eigenvalue weighted by atomic mass is 10.2. The van der Waals surface area contributed by atoms with E-state index < -0.39 is 0 Å². The Morgan fingerprint density at radius 3 is 2.35 bits per heavy atom. The minimum absolute atomic E-state index is 0.235. The number of hydrogen-bond donors (Lipinski definition) is 2. The number of nitrogens with one attached hydrogen (secondary N) is 1. The smallest absolute Gasteiger partial charge is 0.123 e. The van der Waals surface area contributed by atoms with Crippen LogP contribution in [-0.2, 0) is 6.61 Å². The minimum Gasteiger partial charge on any atom is -0.489 e. The van der Waals surface area contributed by atoms with Crippen LogP contribution in [0.15, 0.2) is 48.5 Å². The lowest BCUT2D eigenvalue weighted by molar-refractivity contribution is 0.306. The first-order valence-electron chi connectivity index (χ1n) is 6.69. The molecule has 4 heteroatoms. The summed E-state index contributed by atoms with van der Waals surface area (Å²) in [6, 6.07) is 14.1. The molecule has 0 bridgehead atoms. The van der Waals surface area contributed by atoms with Crippen LogP contribution < -0.4 is 15.8 Å². The van der Waals surface area contributed by atoms with Crippen molar-refractivity contribution in [2.45, 2.75) is 13.0 Å². The fourth-order valence-electron chi connectivity index (χ4n) is 1.75. The van der Waals surface area contributed by atoms with Gasteiger partial charge in [0, 0.05) is 12.2 Å². The van der Waals surface area contributed by atoms with E-state index in [0.717, 1.165) is 30.0 Å². The predicted octanol–water partition coefficient (Wildman–Crippen LogP) is 3.17. The van der Waals surface area contributed by atoms with Crippen molar-refractivity contribution in [3.63, 3.8) is 0 Å². The number of benzene rings is 2. The van der Waals surface area contributed by atoms with E-state index >= 15 is 0 Å². The van der Waals surface area contributed by atoms with E-state index in [0.29, 0.717) is 13.2 Å². The summed E-state index contributed by atoms with van der Waals surface area (Å²) >= 11 is 0. The monoisotopic (exact) mass is 274 g/mol. The van der Waals surface area contributed by atoms with Crippen molar-refractivity contribution in [1.82, 2.24) is 0 Å². The Morgan fingerprint density at radius 2 is 1.70 bits per heavy atom. The molecule has 0 aliphatic rings. The Hall–Kier alpha value is -2.07. The first-order chi connectivity index (χ1) is 9.78. The van der Waals surface area contributed by atoms with Crippen molar-refractivity contribution in [3.8, 4) is 5.75 Å². The number of nitrogens with two attached hydrogens (primary N) is 1. The molecule has 2 rings (SSSR count). The molecule has 0 aliphatic heterocycles. The summed E-state index contributed by atoms with van der Waals surface area (Å²) in [5.41, 5.74) is 7.43. The summed E-state index contributed by atoms with van der Waals surface area (Å²) in [6.45, 7) is 1.98. The summed E-state index contributed by atoms with van der Waals surface area (Å²) in [7, 11) is 0. The highest BCUT2D eigenvalue weighted by atomic mass is 19.1. The second-order valence-electron chi connectivity index (χ2n) is 4.51. The Balaban J connectivity index is 1.82. The van der Waals surface area contributed by atoms with Crippen LogP contribution >= 0.6 is 0 Å². The maximum Gasteiger partial charge on any atom is 0.123 e. The molecule has 0 spiro atoms. The van der Waals surface area contributed by atoms with E-state index in [-0.39, 0.29) is 5.82 Å². The molecule has 0 saturated heterocycles. The first kappa shape index (κ1) is 14.3. The molecule has 0 unspecified atom stereocenters. The number of hydrogen-bond acceptors (Lipinski definition) is 3. The molecule has 0 aromatic heterocycles. The Bertz CT molecular complexity index is 511. The van der Waals surface area contributed by atoms with Gasteiger partial charge in [-0.2, -0.15) is 0 Å². The molecular formula is C16H19FN2O. The second-order valence-corrected chi connectivity index (χ2v) is 4.51. The van der Waals surface area contributed by atoms with Crippen molar-refractivity contribution in [1.29, 1.82) is 0 Å². The summed E-state index contributed by atoms with van der Waals surface area (Å²) in [4.78, 5) is 0. The third-order valence-corrected chi connectivity index (χ3v) is 2.88. The zero-order valence-corrected chi connectivity index (χ0v) is 11.3. The predicted molar refractivity (Wildman–Crippen MR) is 79.3 cm³/mol. The van der Waals surface area contributed by atoms with E-state index in [1.807, 2.05) is 24.3 Å². The molecule has 0 radical (unpaired) electrons. The quantitative estimate of drug-likeness (QED) is 0.762. The van der Waals surface area contributed by atoms with Crippen LogP contribution in [-0.4, -0.2) is 13.1 Å². The van der Waals surface area contributed by atoms with Crippen molar-refractivity contribution in [3.05, 3.63) is 59.9 Å². The lowest BCUT2D eigenvalue weighted by Crippen LogP contribution is -2.08. The van der Waals surface area contributed by atoms with Gasteiger partial charge in [0.25, 0.3) is 0 Å². The Morgan fingerprint density at radius 1 is 1.00 bits per heavy atom. The van der Waals surface area contributed by atoms with Crippen LogP contribution in [0, 0.1) is 5.82 Å². The standard InChI is InChI=1S/C16H19FN2O/c17-14-4-2-13(3-5-14)12-20-16-8-6-15(7-9-16)19-11-1-10-18/h2-9,19H,1,10-12,18H2. The van der Waals surface area contributed by atoms with Gasteiger partial charge >= 0.3 is 0 Å². The van der Waals surface area contributed by atoms with Crippen LogP contribution in [0.1, 0.15) is 12.0 Å². The maximum absolute atomic E-state index is 12.8. The molecule has 20 heavy (non-hydrogen) atoms. The molecule has 2 aromatic carbocycles. The molecular weight excluding hydrogens is 255 g/mol. The van der Waals surface area contributed by atoms with Gasteiger partial charge < -0.3 is 15.8 Å². The van der Waals surface area contributed by atoms with E-state index in [1.54, 1.807) is 12.1 Å². The third-order valence-electron chi connectivity index (χ3n) is 2.88. The molecule has 106 valence electrons. The van der Waals surface area contributed by atoms with Gasteiger partial charge in [-0.1, -0.05) is 12.1 Å². The van der Waals surface area contributed by atoms with Gasteiger partial charge in [0.15, 0.2) is 0 Å². The molecule has 2 aromatic rings. The SMILES string of the molecule is NCCCNc1ccc(OCc2ccc(F)cc2)cc1. The molecule has 0 aliphatic carbocycles. The van der Waals surface area contributed by atoms with Gasteiger partial charge in [-0.25, -0.2) is 4.39 Å². The van der Waals surface area contributed by atoms with Crippen molar-refractivity contribution < 1.29 is 9.13 Å². The zero-order chi connectivity index (χ0) is 14.2. The van der Waals surface area contributed by atoms with Gasteiger partial charge in [0.05, 0.1) is 0 Å². The number of ether oxygens (including phenoxy) is 1. The van der Waals surface area contributed by atoms with E-state index in [9.17, 15) is 4.39 Å². The molecule has 0 saturated carbocycles. The average molecular weight is 274 g/mol. The first-order valence-corrected chi connectivity index (χ1v) is 6.69. The van der Waals surface area contributed by atoms with Gasteiger partial charge in [-0.3, -0.25) is 0 Å². The third kappa shape index (κ3) is 4.55. The zero-order valence-electron chi connectivity index (χ0n) is 11.3. The van der Waals surface area contributed by atoms with Gasteiger partial charge in [-0.15, -0.1) is 0 Å².